The Morgan fingerprint density at radius 2 is 1.36 bits per heavy atom. The molecule has 1 aromatic heterocycles. The van der Waals surface area contributed by atoms with Crippen LogP contribution in [0.5, 0.6) is 0 Å². The monoisotopic (exact) mass is 709 g/mol. The summed E-state index contributed by atoms with van der Waals surface area (Å²) in [5, 5.41) is 4.67. The van der Waals surface area contributed by atoms with E-state index in [2.05, 4.69) is 206 Å². The lowest BCUT2D eigenvalue weighted by molar-refractivity contribution is 0.499. The van der Waals surface area contributed by atoms with Crippen molar-refractivity contribution < 1.29 is 0 Å². The van der Waals surface area contributed by atoms with Gasteiger partial charge >= 0.3 is 0 Å². The first-order valence-corrected chi connectivity index (χ1v) is 19.0. The van der Waals surface area contributed by atoms with Gasteiger partial charge in [-0.1, -0.05) is 165 Å². The number of anilines is 2. The molecule has 0 saturated heterocycles. The van der Waals surface area contributed by atoms with Crippen molar-refractivity contribution in [2.45, 2.75) is 25.4 Å². The predicted molar refractivity (Wildman–Crippen MR) is 235 cm³/mol. The first kappa shape index (κ1) is 34.1. The number of rotatable bonds is 8. The maximum absolute atomic E-state index is 7.96. The van der Waals surface area contributed by atoms with E-state index in [0.717, 1.165) is 55.3 Å². The summed E-state index contributed by atoms with van der Waals surface area (Å²) in [6.45, 7) is 8.63. The number of hydrogen-bond donors (Lipinski definition) is 1. The highest BCUT2D eigenvalue weighted by molar-refractivity contribution is 6.20. The number of aromatic nitrogens is 1. The fourth-order valence-corrected chi connectivity index (χ4v) is 8.61. The van der Waals surface area contributed by atoms with Gasteiger partial charge in [0.15, 0.2) is 0 Å². The van der Waals surface area contributed by atoms with Gasteiger partial charge in [-0.25, -0.2) is 0 Å². The van der Waals surface area contributed by atoms with E-state index in [-0.39, 0.29) is 5.92 Å². The fourth-order valence-electron chi connectivity index (χ4n) is 8.61. The standard InChI is InChI=1S/C52H43N3/c1-4-6-27-47-36(3)43-24-15-17-28-48(43)54(47)42-32-30-39(31-33-42)50-44-25-14-13-21-40(44)34-46-45-26-16-18-29-49(45)55(51(46)50)52(53,41-22-11-8-12-23-41)35-37(5-2)38-19-9-7-10-20-38/h4-36H,2,53H2,1,3H3/b6-4-,37-35+,47-27+. The zero-order valence-corrected chi connectivity index (χ0v) is 31.2. The molecule has 2 N–H and O–H groups in total. The molecule has 2 heterocycles. The molecule has 0 amide bonds. The largest absolute Gasteiger partial charge is 0.313 e. The number of benzene rings is 7. The molecule has 266 valence electrons. The molecule has 1 aliphatic rings. The van der Waals surface area contributed by atoms with Crippen LogP contribution in [0.1, 0.15) is 36.5 Å². The quantitative estimate of drug-likeness (QED) is 0.159. The van der Waals surface area contributed by atoms with E-state index in [1.54, 1.807) is 0 Å². The average Bonchev–Trinajstić information content (AvgIpc) is 3.73. The second-order valence-electron chi connectivity index (χ2n) is 14.4. The van der Waals surface area contributed by atoms with Gasteiger partial charge in [0.05, 0.1) is 11.0 Å². The molecule has 0 saturated carbocycles. The molecule has 0 radical (unpaired) electrons. The summed E-state index contributed by atoms with van der Waals surface area (Å²) < 4.78 is 2.37. The summed E-state index contributed by atoms with van der Waals surface area (Å²) in [7, 11) is 0. The highest BCUT2D eigenvalue weighted by Crippen LogP contribution is 2.49. The fraction of sp³-hybridized carbons (Fsp3) is 0.0769. The first-order chi connectivity index (χ1) is 27.0. The second kappa shape index (κ2) is 13.9. The van der Waals surface area contributed by atoms with Crippen molar-refractivity contribution in [2.75, 3.05) is 4.90 Å². The highest BCUT2D eigenvalue weighted by atomic mass is 15.2. The molecule has 55 heavy (non-hydrogen) atoms. The Morgan fingerprint density at radius 1 is 0.709 bits per heavy atom. The van der Waals surface area contributed by atoms with Crippen molar-refractivity contribution in [3.05, 3.63) is 223 Å². The Kier molecular flexibility index (Phi) is 8.65. The summed E-state index contributed by atoms with van der Waals surface area (Å²) >= 11 is 0. The van der Waals surface area contributed by atoms with E-state index in [1.165, 1.54) is 27.7 Å². The van der Waals surface area contributed by atoms with Gasteiger partial charge in [0.1, 0.15) is 5.66 Å². The molecule has 8 aromatic rings. The molecule has 0 spiro atoms. The maximum Gasteiger partial charge on any atom is 0.139 e. The molecule has 3 heteroatoms. The van der Waals surface area contributed by atoms with Gasteiger partial charge in [0.25, 0.3) is 0 Å². The van der Waals surface area contributed by atoms with Crippen molar-refractivity contribution in [2.24, 2.45) is 5.73 Å². The number of fused-ring (bicyclic) bond motifs is 5. The molecule has 2 unspecified atom stereocenters. The molecule has 3 nitrogen and oxygen atoms in total. The Labute approximate surface area is 323 Å². The van der Waals surface area contributed by atoms with Crippen molar-refractivity contribution >= 4 is 49.5 Å². The lowest BCUT2D eigenvalue weighted by Gasteiger charge is -2.33. The summed E-state index contributed by atoms with van der Waals surface area (Å²) in [5.41, 5.74) is 19.2. The van der Waals surface area contributed by atoms with Gasteiger partial charge < -0.3 is 15.2 Å². The van der Waals surface area contributed by atoms with Crippen LogP contribution >= 0.6 is 0 Å². The summed E-state index contributed by atoms with van der Waals surface area (Å²) in [6, 6.07) is 58.4. The van der Waals surface area contributed by atoms with Crippen molar-refractivity contribution in [3.63, 3.8) is 0 Å². The molecule has 2 atom stereocenters. The Bertz CT molecular complexity index is 2800. The van der Waals surface area contributed by atoms with Gasteiger partial charge in [-0.05, 0) is 88.0 Å². The lowest BCUT2D eigenvalue weighted by atomic mass is 9.92. The summed E-state index contributed by atoms with van der Waals surface area (Å²) in [6.07, 6.45) is 10.6. The minimum Gasteiger partial charge on any atom is -0.313 e. The summed E-state index contributed by atoms with van der Waals surface area (Å²) in [5.74, 6) is 0.278. The van der Waals surface area contributed by atoms with Gasteiger partial charge in [0.2, 0.25) is 0 Å². The van der Waals surface area contributed by atoms with E-state index in [4.69, 9.17) is 5.73 Å². The number of nitrogens with zero attached hydrogens (tertiary/aromatic N) is 2. The van der Waals surface area contributed by atoms with Gasteiger partial charge in [-0.2, -0.15) is 0 Å². The zero-order valence-electron chi connectivity index (χ0n) is 31.2. The minimum absolute atomic E-state index is 0.278. The Balaban J connectivity index is 1.34. The van der Waals surface area contributed by atoms with Crippen LogP contribution in [0.25, 0.3) is 49.3 Å². The van der Waals surface area contributed by atoms with Crippen LogP contribution in [-0.2, 0) is 5.66 Å². The molecular weight excluding hydrogens is 667 g/mol. The van der Waals surface area contributed by atoms with Gasteiger partial charge in [-0.3, -0.25) is 0 Å². The van der Waals surface area contributed by atoms with Crippen LogP contribution in [0.3, 0.4) is 0 Å². The van der Waals surface area contributed by atoms with E-state index in [1.807, 2.05) is 18.2 Å². The smallest absolute Gasteiger partial charge is 0.139 e. The van der Waals surface area contributed by atoms with Crippen LogP contribution in [0.2, 0.25) is 0 Å². The van der Waals surface area contributed by atoms with Crippen molar-refractivity contribution in [1.82, 2.24) is 4.57 Å². The van der Waals surface area contributed by atoms with Crippen LogP contribution < -0.4 is 10.6 Å². The van der Waals surface area contributed by atoms with E-state index < -0.39 is 5.66 Å². The van der Waals surface area contributed by atoms with Crippen LogP contribution in [0.4, 0.5) is 11.4 Å². The van der Waals surface area contributed by atoms with Gasteiger partial charge in [0, 0.05) is 39.3 Å². The highest BCUT2D eigenvalue weighted by Gasteiger charge is 2.34. The van der Waals surface area contributed by atoms with Gasteiger partial charge in [-0.15, -0.1) is 0 Å². The molecule has 9 rings (SSSR count). The maximum atomic E-state index is 7.96. The van der Waals surface area contributed by atoms with Crippen LogP contribution in [0.15, 0.2) is 206 Å². The Hall–Kier alpha value is -6.68. The molecule has 1 aliphatic heterocycles. The Morgan fingerprint density at radius 3 is 2.11 bits per heavy atom. The molecular formula is C52H43N3. The predicted octanol–water partition coefficient (Wildman–Crippen LogP) is 13.3. The molecule has 0 aliphatic carbocycles. The average molecular weight is 710 g/mol. The van der Waals surface area contributed by atoms with Crippen molar-refractivity contribution in [1.29, 1.82) is 0 Å². The second-order valence-corrected chi connectivity index (χ2v) is 14.4. The third-order valence-corrected chi connectivity index (χ3v) is 11.2. The lowest BCUT2D eigenvalue weighted by Crippen LogP contribution is -2.42. The number of para-hydroxylation sites is 2. The third-order valence-electron chi connectivity index (χ3n) is 11.2. The SMILES string of the molecule is C=C/C(=C\C(N)(c1ccccc1)n1c2ccccc2c2cc3ccccc3c(-c3ccc(N4/C(=C/C=C\C)C(C)c5ccccc54)cc3)c21)c1ccccc1. The number of allylic oxidation sites excluding steroid dienone is 6. The third kappa shape index (κ3) is 5.64. The van der Waals surface area contributed by atoms with Crippen molar-refractivity contribution in [3.8, 4) is 11.1 Å². The first-order valence-electron chi connectivity index (χ1n) is 19.0. The molecule has 7 aromatic carbocycles. The zero-order chi connectivity index (χ0) is 37.5. The molecule has 0 bridgehead atoms. The summed E-state index contributed by atoms with van der Waals surface area (Å²) in [4.78, 5) is 2.41. The van der Waals surface area contributed by atoms with Crippen LogP contribution in [0, 0.1) is 0 Å². The minimum atomic E-state index is -1.10. The number of nitrogens with two attached hydrogens (primary N) is 1. The van der Waals surface area contributed by atoms with E-state index >= 15 is 0 Å². The topological polar surface area (TPSA) is 34.2 Å². The normalized spacial score (nSPS) is 16.3. The molecule has 0 fully saturated rings. The number of hydrogen-bond acceptors (Lipinski definition) is 2. The van der Waals surface area contributed by atoms with E-state index in [9.17, 15) is 0 Å². The van der Waals surface area contributed by atoms with Crippen LogP contribution in [-0.4, -0.2) is 4.57 Å². The van der Waals surface area contributed by atoms with E-state index in [0.29, 0.717) is 0 Å².